The maximum Gasteiger partial charge on any atom is -0.0171 e. The lowest BCUT2D eigenvalue weighted by Crippen LogP contribution is -1.83. The van der Waals surface area contributed by atoms with E-state index in [-0.39, 0.29) is 0 Å². The summed E-state index contributed by atoms with van der Waals surface area (Å²) in [4.78, 5) is 0. The standard InChI is InChI=1S/C40H26/c1-3-7-33-23-39-25-35(17-19-37(39)21-31(33)5-1)29-13-9-27(10-14-29)28-11-15-30(16-12-28)36-18-20-38-22-32-6-2-4-8-34(32)24-40(38)26-36/h1-26H. The summed E-state index contributed by atoms with van der Waals surface area (Å²) >= 11 is 0. The summed E-state index contributed by atoms with van der Waals surface area (Å²) in [5.74, 6) is 0. The molecule has 0 radical (unpaired) electrons. The maximum atomic E-state index is 2.30. The highest BCUT2D eigenvalue weighted by atomic mass is 14.1. The molecule has 8 aromatic carbocycles. The molecule has 0 bridgehead atoms. The first kappa shape index (κ1) is 22.8. The number of hydrogen-bond donors (Lipinski definition) is 0. The number of rotatable bonds is 3. The molecule has 8 aromatic rings. The maximum absolute atomic E-state index is 2.30. The molecule has 8 rings (SSSR count). The Hall–Kier alpha value is -5.20. The van der Waals surface area contributed by atoms with E-state index < -0.39 is 0 Å². The molecule has 0 aliphatic rings. The van der Waals surface area contributed by atoms with Crippen molar-refractivity contribution < 1.29 is 0 Å². The van der Waals surface area contributed by atoms with Crippen molar-refractivity contribution in [3.05, 3.63) is 158 Å². The SMILES string of the molecule is c1ccc2cc3cc(-c4ccc(-c5ccc(-c6ccc7cc8ccccc8cc7c6)cc5)cc4)ccc3cc2c1. The van der Waals surface area contributed by atoms with Gasteiger partial charge in [-0.15, -0.1) is 0 Å². The van der Waals surface area contributed by atoms with Crippen LogP contribution in [0.15, 0.2) is 158 Å². The quantitative estimate of drug-likeness (QED) is 0.209. The number of benzene rings is 8. The molecule has 0 nitrogen and oxygen atoms in total. The summed E-state index contributed by atoms with van der Waals surface area (Å²) in [5.41, 5.74) is 7.42. The second-order valence-electron chi connectivity index (χ2n) is 10.7. The van der Waals surface area contributed by atoms with Crippen LogP contribution in [0.5, 0.6) is 0 Å². The Morgan fingerprint density at radius 1 is 0.175 bits per heavy atom. The fourth-order valence-electron chi connectivity index (χ4n) is 5.95. The van der Waals surface area contributed by atoms with Crippen molar-refractivity contribution in [3.63, 3.8) is 0 Å². The van der Waals surface area contributed by atoms with Gasteiger partial charge in [0.2, 0.25) is 0 Å². The van der Waals surface area contributed by atoms with E-state index in [4.69, 9.17) is 0 Å². The van der Waals surface area contributed by atoms with Crippen LogP contribution in [0.2, 0.25) is 0 Å². The van der Waals surface area contributed by atoms with Crippen molar-refractivity contribution in [1.29, 1.82) is 0 Å². The predicted octanol–water partition coefficient (Wildman–Crippen LogP) is 11.3. The molecule has 0 unspecified atom stereocenters. The molecule has 0 aliphatic carbocycles. The average molecular weight is 507 g/mol. The zero-order valence-corrected chi connectivity index (χ0v) is 22.0. The van der Waals surface area contributed by atoms with Gasteiger partial charge in [0.25, 0.3) is 0 Å². The van der Waals surface area contributed by atoms with E-state index in [2.05, 4.69) is 158 Å². The van der Waals surface area contributed by atoms with Crippen LogP contribution in [0.1, 0.15) is 0 Å². The van der Waals surface area contributed by atoms with Crippen LogP contribution in [0, 0.1) is 0 Å². The molecule has 0 heterocycles. The highest BCUT2D eigenvalue weighted by molar-refractivity contribution is 6.01. The Morgan fingerprint density at radius 2 is 0.425 bits per heavy atom. The minimum Gasteiger partial charge on any atom is -0.0616 e. The molecule has 0 fully saturated rings. The minimum atomic E-state index is 1.23. The monoisotopic (exact) mass is 506 g/mol. The van der Waals surface area contributed by atoms with Crippen LogP contribution in [0.25, 0.3) is 76.5 Å². The van der Waals surface area contributed by atoms with E-state index in [1.54, 1.807) is 0 Å². The first-order valence-electron chi connectivity index (χ1n) is 13.8. The molecule has 0 amide bonds. The molecule has 0 aromatic heterocycles. The fraction of sp³-hybridized carbons (Fsp3) is 0. The van der Waals surface area contributed by atoms with Crippen LogP contribution in [-0.4, -0.2) is 0 Å². The molecule has 0 spiro atoms. The number of hydrogen-bond acceptors (Lipinski definition) is 0. The van der Waals surface area contributed by atoms with E-state index in [9.17, 15) is 0 Å². The summed E-state index contributed by atoms with van der Waals surface area (Å²) in [7, 11) is 0. The van der Waals surface area contributed by atoms with Gasteiger partial charge < -0.3 is 0 Å². The first-order chi connectivity index (χ1) is 19.8. The molecular weight excluding hydrogens is 480 g/mol. The second kappa shape index (κ2) is 9.22. The molecule has 40 heavy (non-hydrogen) atoms. The van der Waals surface area contributed by atoms with Gasteiger partial charge in [-0.2, -0.15) is 0 Å². The smallest absolute Gasteiger partial charge is 0.0171 e. The second-order valence-corrected chi connectivity index (χ2v) is 10.7. The molecule has 0 saturated heterocycles. The van der Waals surface area contributed by atoms with Crippen molar-refractivity contribution in [2.45, 2.75) is 0 Å². The van der Waals surface area contributed by atoms with Crippen molar-refractivity contribution in [2.75, 3.05) is 0 Å². The van der Waals surface area contributed by atoms with Crippen LogP contribution in [-0.2, 0) is 0 Å². The molecule has 186 valence electrons. The topological polar surface area (TPSA) is 0 Å². The Labute approximate surface area is 233 Å². The Bertz CT molecular complexity index is 2020. The Morgan fingerprint density at radius 3 is 0.775 bits per heavy atom. The van der Waals surface area contributed by atoms with Crippen molar-refractivity contribution in [1.82, 2.24) is 0 Å². The summed E-state index contributed by atoms with van der Waals surface area (Å²) in [6.07, 6.45) is 0. The zero-order valence-electron chi connectivity index (χ0n) is 22.0. The molecule has 0 aliphatic heterocycles. The van der Waals surface area contributed by atoms with Gasteiger partial charge in [-0.3, -0.25) is 0 Å². The third-order valence-electron chi connectivity index (χ3n) is 8.18. The first-order valence-corrected chi connectivity index (χ1v) is 13.8. The fourth-order valence-corrected chi connectivity index (χ4v) is 5.95. The minimum absolute atomic E-state index is 1.23. The molecule has 0 heteroatoms. The molecule has 0 saturated carbocycles. The summed E-state index contributed by atoms with van der Waals surface area (Å²) in [6, 6.07) is 57.7. The van der Waals surface area contributed by atoms with E-state index in [1.807, 2.05) is 0 Å². The highest BCUT2D eigenvalue weighted by Crippen LogP contribution is 2.32. The molecular formula is C40H26. The third-order valence-corrected chi connectivity index (χ3v) is 8.18. The lowest BCUT2D eigenvalue weighted by Gasteiger charge is -2.09. The largest absolute Gasteiger partial charge is 0.0616 e. The van der Waals surface area contributed by atoms with E-state index in [0.717, 1.165) is 0 Å². The van der Waals surface area contributed by atoms with E-state index in [1.165, 1.54) is 76.5 Å². The average Bonchev–Trinajstić information content (AvgIpc) is 3.02. The number of fused-ring (bicyclic) bond motifs is 4. The van der Waals surface area contributed by atoms with Crippen LogP contribution in [0.3, 0.4) is 0 Å². The van der Waals surface area contributed by atoms with E-state index in [0.29, 0.717) is 0 Å². The van der Waals surface area contributed by atoms with Gasteiger partial charge in [0, 0.05) is 0 Å². The molecule has 0 atom stereocenters. The Kier molecular flexibility index (Phi) is 5.24. The lowest BCUT2D eigenvalue weighted by molar-refractivity contribution is 1.59. The summed E-state index contributed by atoms with van der Waals surface area (Å²) in [6.45, 7) is 0. The van der Waals surface area contributed by atoms with Crippen molar-refractivity contribution in [2.24, 2.45) is 0 Å². The lowest BCUT2D eigenvalue weighted by atomic mass is 9.95. The zero-order chi connectivity index (χ0) is 26.5. The van der Waals surface area contributed by atoms with Gasteiger partial charge >= 0.3 is 0 Å². The van der Waals surface area contributed by atoms with Gasteiger partial charge in [0.1, 0.15) is 0 Å². The predicted molar refractivity (Wildman–Crippen MR) is 173 cm³/mol. The van der Waals surface area contributed by atoms with Gasteiger partial charge in [-0.05, 0) is 113 Å². The van der Waals surface area contributed by atoms with Gasteiger partial charge in [-0.25, -0.2) is 0 Å². The highest BCUT2D eigenvalue weighted by Gasteiger charge is 2.06. The Balaban J connectivity index is 1.07. The van der Waals surface area contributed by atoms with E-state index >= 15 is 0 Å². The van der Waals surface area contributed by atoms with Crippen LogP contribution >= 0.6 is 0 Å². The van der Waals surface area contributed by atoms with Gasteiger partial charge in [0.15, 0.2) is 0 Å². The van der Waals surface area contributed by atoms with Gasteiger partial charge in [-0.1, -0.05) is 121 Å². The molecule has 0 N–H and O–H groups in total. The summed E-state index contributed by atoms with van der Waals surface area (Å²) < 4.78 is 0. The van der Waals surface area contributed by atoms with Crippen LogP contribution in [0.4, 0.5) is 0 Å². The van der Waals surface area contributed by atoms with Crippen molar-refractivity contribution >= 4 is 43.1 Å². The van der Waals surface area contributed by atoms with Crippen LogP contribution < -0.4 is 0 Å². The van der Waals surface area contributed by atoms with Crippen molar-refractivity contribution in [3.8, 4) is 33.4 Å². The third kappa shape index (κ3) is 4.02. The normalized spacial score (nSPS) is 11.5. The van der Waals surface area contributed by atoms with Gasteiger partial charge in [0.05, 0.1) is 0 Å². The summed E-state index contributed by atoms with van der Waals surface area (Å²) in [5, 5.41) is 10.2.